The van der Waals surface area contributed by atoms with E-state index in [1.165, 1.54) is 18.2 Å². The molecule has 0 unspecified atom stereocenters. The second-order valence-electron chi connectivity index (χ2n) is 2.42. The zero-order chi connectivity index (χ0) is 9.84. The molecule has 5 heteroatoms. The summed E-state index contributed by atoms with van der Waals surface area (Å²) in [6, 6.07) is 4.18. The van der Waals surface area contributed by atoms with E-state index in [0.717, 1.165) is 0 Å². The number of carbonyl (C=O) groups excluding carboxylic acids is 1. The lowest BCUT2D eigenvalue weighted by Crippen LogP contribution is -2.04. The molecular weight excluding hydrogens is 176 g/mol. The molecule has 70 valence electrons. The lowest BCUT2D eigenvalue weighted by atomic mass is 10.1. The SMILES string of the molecule is O=C(Cc1cccc(O)c1O)OO. The maximum atomic E-state index is 10.6. The van der Waals surface area contributed by atoms with Crippen LogP contribution in [0.3, 0.4) is 0 Å². The molecule has 0 saturated heterocycles. The van der Waals surface area contributed by atoms with Gasteiger partial charge in [0.1, 0.15) is 0 Å². The van der Waals surface area contributed by atoms with Gasteiger partial charge < -0.3 is 15.1 Å². The molecule has 5 nitrogen and oxygen atoms in total. The molecule has 0 aliphatic carbocycles. The molecule has 1 aromatic carbocycles. The van der Waals surface area contributed by atoms with Crippen molar-refractivity contribution in [2.75, 3.05) is 0 Å². The van der Waals surface area contributed by atoms with Crippen LogP contribution < -0.4 is 0 Å². The molecule has 3 N–H and O–H groups in total. The second-order valence-corrected chi connectivity index (χ2v) is 2.42. The van der Waals surface area contributed by atoms with E-state index in [0.29, 0.717) is 0 Å². The Balaban J connectivity index is 2.89. The summed E-state index contributed by atoms with van der Waals surface area (Å²) in [6.07, 6.45) is -0.295. The van der Waals surface area contributed by atoms with Gasteiger partial charge in [-0.1, -0.05) is 12.1 Å². The fourth-order valence-corrected chi connectivity index (χ4v) is 0.908. The van der Waals surface area contributed by atoms with Crippen molar-refractivity contribution in [2.24, 2.45) is 0 Å². The van der Waals surface area contributed by atoms with Gasteiger partial charge in [-0.3, -0.25) is 0 Å². The molecule has 1 aromatic rings. The van der Waals surface area contributed by atoms with Crippen LogP contribution in [-0.2, 0) is 16.1 Å². The largest absolute Gasteiger partial charge is 0.504 e. The van der Waals surface area contributed by atoms with Gasteiger partial charge >= 0.3 is 5.97 Å². The van der Waals surface area contributed by atoms with E-state index in [1.807, 2.05) is 0 Å². The number of aromatic hydroxyl groups is 2. The van der Waals surface area contributed by atoms with E-state index in [-0.39, 0.29) is 23.5 Å². The molecular formula is C8H8O5. The molecule has 0 atom stereocenters. The summed E-state index contributed by atoms with van der Waals surface area (Å²) in [4.78, 5) is 14.0. The fraction of sp³-hybridized carbons (Fsp3) is 0.125. The molecule has 0 bridgehead atoms. The summed E-state index contributed by atoms with van der Waals surface area (Å²) in [5.41, 5.74) is 0.194. The van der Waals surface area contributed by atoms with Crippen LogP contribution in [0, 0.1) is 0 Å². The second kappa shape index (κ2) is 3.77. The molecule has 13 heavy (non-hydrogen) atoms. The zero-order valence-electron chi connectivity index (χ0n) is 6.60. The molecule has 0 saturated carbocycles. The summed E-state index contributed by atoms with van der Waals surface area (Å²) in [7, 11) is 0. The van der Waals surface area contributed by atoms with Gasteiger partial charge in [0, 0.05) is 5.56 Å². The topological polar surface area (TPSA) is 87.0 Å². The number of phenolic OH excluding ortho intramolecular Hbond substituents is 2. The summed E-state index contributed by atoms with van der Waals surface area (Å²) in [5, 5.41) is 26.2. The Morgan fingerprint density at radius 1 is 1.38 bits per heavy atom. The normalized spacial score (nSPS) is 9.62. The van der Waals surface area contributed by atoms with Crippen LogP contribution in [0.25, 0.3) is 0 Å². The molecule has 0 aromatic heterocycles. The van der Waals surface area contributed by atoms with Gasteiger partial charge in [0.25, 0.3) is 0 Å². The highest BCUT2D eigenvalue weighted by Crippen LogP contribution is 2.28. The van der Waals surface area contributed by atoms with E-state index in [4.69, 9.17) is 10.4 Å². The van der Waals surface area contributed by atoms with Crippen molar-refractivity contribution < 1.29 is 25.2 Å². The first-order valence-electron chi connectivity index (χ1n) is 3.49. The van der Waals surface area contributed by atoms with E-state index >= 15 is 0 Å². The third-order valence-corrected chi connectivity index (χ3v) is 1.53. The van der Waals surface area contributed by atoms with Crippen LogP contribution in [0.1, 0.15) is 5.56 Å². The Hall–Kier alpha value is -1.75. The van der Waals surface area contributed by atoms with Crippen molar-refractivity contribution in [3.05, 3.63) is 23.8 Å². The Bertz CT molecular complexity index is 320. The Labute approximate surface area is 73.7 Å². The summed E-state index contributed by atoms with van der Waals surface area (Å²) in [5.74, 6) is -1.60. The lowest BCUT2D eigenvalue weighted by Gasteiger charge is -2.03. The first-order valence-corrected chi connectivity index (χ1v) is 3.49. The quantitative estimate of drug-likeness (QED) is 0.357. The number of phenols is 2. The molecule has 0 spiro atoms. The van der Waals surface area contributed by atoms with Gasteiger partial charge in [-0.15, -0.1) is 0 Å². The standard InChI is InChI=1S/C8H8O5/c9-6-3-1-2-5(8(6)11)4-7(10)13-12/h1-3,9,11-12H,4H2. The Morgan fingerprint density at radius 3 is 2.69 bits per heavy atom. The number of benzene rings is 1. The predicted octanol–water partition coefficient (Wildman–Crippen LogP) is 0.656. The molecule has 0 fully saturated rings. The van der Waals surface area contributed by atoms with E-state index in [9.17, 15) is 9.90 Å². The number of hydrogen-bond acceptors (Lipinski definition) is 5. The minimum atomic E-state index is -0.902. The smallest absolute Gasteiger partial charge is 0.346 e. The third-order valence-electron chi connectivity index (χ3n) is 1.53. The molecule has 0 aliphatic rings. The van der Waals surface area contributed by atoms with Gasteiger partial charge in [-0.05, 0) is 6.07 Å². The van der Waals surface area contributed by atoms with Crippen molar-refractivity contribution in [3.63, 3.8) is 0 Å². The van der Waals surface area contributed by atoms with Gasteiger partial charge in [0.2, 0.25) is 0 Å². The van der Waals surface area contributed by atoms with Crippen molar-refractivity contribution in [1.29, 1.82) is 0 Å². The first-order chi connectivity index (χ1) is 6.15. The zero-order valence-corrected chi connectivity index (χ0v) is 6.60. The third kappa shape index (κ3) is 2.09. The Morgan fingerprint density at radius 2 is 2.08 bits per heavy atom. The van der Waals surface area contributed by atoms with Gasteiger partial charge in [-0.25, -0.2) is 4.79 Å². The molecule has 0 heterocycles. The number of hydrogen-bond donors (Lipinski definition) is 3. The van der Waals surface area contributed by atoms with Gasteiger partial charge in [0.05, 0.1) is 6.42 Å². The van der Waals surface area contributed by atoms with Gasteiger partial charge in [-0.2, -0.15) is 5.26 Å². The van der Waals surface area contributed by atoms with Crippen molar-refractivity contribution in [3.8, 4) is 11.5 Å². The maximum Gasteiger partial charge on any atom is 0.346 e. The predicted molar refractivity (Wildman–Crippen MR) is 42.2 cm³/mol. The van der Waals surface area contributed by atoms with Crippen LogP contribution in [0.15, 0.2) is 18.2 Å². The average Bonchev–Trinajstić information content (AvgIpc) is 2.13. The number of rotatable bonds is 2. The maximum absolute atomic E-state index is 10.6. The Kier molecular flexibility index (Phi) is 2.71. The highest BCUT2D eigenvalue weighted by molar-refractivity contribution is 5.73. The minimum Gasteiger partial charge on any atom is -0.504 e. The van der Waals surface area contributed by atoms with Gasteiger partial charge in [0.15, 0.2) is 11.5 Å². The number of para-hydroxylation sites is 1. The molecule has 0 radical (unpaired) electrons. The highest BCUT2D eigenvalue weighted by atomic mass is 17.1. The summed E-state index contributed by atoms with van der Waals surface area (Å²) in [6.45, 7) is 0. The van der Waals surface area contributed by atoms with Crippen molar-refractivity contribution in [2.45, 2.75) is 6.42 Å². The van der Waals surface area contributed by atoms with E-state index in [2.05, 4.69) is 4.89 Å². The van der Waals surface area contributed by atoms with E-state index < -0.39 is 5.97 Å². The molecule has 1 rings (SSSR count). The summed E-state index contributed by atoms with van der Waals surface area (Å²) < 4.78 is 0. The first kappa shape index (κ1) is 9.34. The van der Waals surface area contributed by atoms with Crippen LogP contribution in [0.2, 0.25) is 0 Å². The molecule has 0 amide bonds. The highest BCUT2D eigenvalue weighted by Gasteiger charge is 2.10. The fourth-order valence-electron chi connectivity index (χ4n) is 0.908. The van der Waals surface area contributed by atoms with Crippen LogP contribution in [0.4, 0.5) is 0 Å². The van der Waals surface area contributed by atoms with E-state index in [1.54, 1.807) is 0 Å². The van der Waals surface area contributed by atoms with Crippen LogP contribution >= 0.6 is 0 Å². The number of carbonyl (C=O) groups is 1. The van der Waals surface area contributed by atoms with Crippen LogP contribution in [-0.4, -0.2) is 21.4 Å². The minimum absolute atomic E-state index is 0.194. The average molecular weight is 184 g/mol. The van der Waals surface area contributed by atoms with Crippen molar-refractivity contribution in [1.82, 2.24) is 0 Å². The lowest BCUT2D eigenvalue weighted by molar-refractivity contribution is -0.233. The molecule has 0 aliphatic heterocycles. The van der Waals surface area contributed by atoms with Crippen molar-refractivity contribution >= 4 is 5.97 Å². The van der Waals surface area contributed by atoms with Crippen LogP contribution in [0.5, 0.6) is 11.5 Å². The summed E-state index contributed by atoms with van der Waals surface area (Å²) >= 11 is 0. The monoisotopic (exact) mass is 184 g/mol.